The molecule has 0 bridgehead atoms. The first-order valence-corrected chi connectivity index (χ1v) is 11.3. The van der Waals surface area contributed by atoms with E-state index in [1.165, 1.54) is 0 Å². The van der Waals surface area contributed by atoms with Crippen LogP contribution < -0.4 is 0 Å². The average molecular weight is 423 g/mol. The van der Waals surface area contributed by atoms with Crippen LogP contribution in [-0.4, -0.2) is 10.9 Å². The summed E-state index contributed by atoms with van der Waals surface area (Å²) in [6, 6.07) is 4.14. The minimum atomic E-state index is -0.257. The van der Waals surface area contributed by atoms with Crippen LogP contribution in [0.3, 0.4) is 0 Å². The van der Waals surface area contributed by atoms with Gasteiger partial charge in [-0.1, -0.05) is 95.2 Å². The Labute approximate surface area is 190 Å². The summed E-state index contributed by atoms with van der Waals surface area (Å²) in [7, 11) is 0. The lowest BCUT2D eigenvalue weighted by Gasteiger charge is -2.31. The molecule has 0 saturated heterocycles. The molecule has 0 amide bonds. The Balaban J connectivity index is 2.82. The summed E-state index contributed by atoms with van der Waals surface area (Å²) >= 11 is 0. The topological polar surface area (TPSA) is 37.3 Å². The lowest BCUT2D eigenvalue weighted by atomic mass is 9.73. The van der Waals surface area contributed by atoms with Gasteiger partial charge in [0.15, 0.2) is 5.78 Å². The number of hydrogen-bond acceptors (Lipinski definition) is 2. The van der Waals surface area contributed by atoms with Gasteiger partial charge in [0.05, 0.1) is 0 Å². The third-order valence-corrected chi connectivity index (χ3v) is 5.92. The fourth-order valence-corrected chi connectivity index (χ4v) is 3.69. The first-order chi connectivity index (χ1) is 13.7. The molecule has 0 aliphatic heterocycles. The Morgan fingerprint density at radius 2 is 1.26 bits per heavy atom. The summed E-state index contributed by atoms with van der Waals surface area (Å²) in [5.74, 6) is 0.303. The molecule has 31 heavy (non-hydrogen) atoms. The van der Waals surface area contributed by atoms with Gasteiger partial charge < -0.3 is 5.11 Å². The molecule has 0 radical (unpaired) electrons. The molecule has 2 rings (SSSR count). The average Bonchev–Trinajstić information content (AvgIpc) is 2.53. The number of Topliss-reactive ketones (excluding diaryl/α,β-unsaturated/α-hetero) is 1. The predicted molar refractivity (Wildman–Crippen MR) is 134 cm³/mol. The first kappa shape index (κ1) is 25.2. The molecule has 1 aliphatic carbocycles. The van der Waals surface area contributed by atoms with Gasteiger partial charge in [0.1, 0.15) is 5.75 Å². The molecule has 0 heterocycles. The second-order valence-corrected chi connectivity index (χ2v) is 13.0. The number of ketones is 1. The molecule has 0 fully saturated rings. The number of hydrogen-bond donors (Lipinski definition) is 1. The first-order valence-electron chi connectivity index (χ1n) is 11.3. The number of aromatic hydroxyl groups is 1. The summed E-state index contributed by atoms with van der Waals surface area (Å²) in [6.07, 6.45) is 5.94. The van der Waals surface area contributed by atoms with E-state index in [0.717, 1.165) is 22.3 Å². The van der Waals surface area contributed by atoms with Crippen LogP contribution in [0.4, 0.5) is 0 Å². The van der Waals surface area contributed by atoms with Gasteiger partial charge in [-0.25, -0.2) is 0 Å². The van der Waals surface area contributed by atoms with Crippen LogP contribution in [0.1, 0.15) is 99.8 Å². The van der Waals surface area contributed by atoms with Gasteiger partial charge in [-0.3, -0.25) is 4.79 Å². The summed E-state index contributed by atoms with van der Waals surface area (Å²) in [6.45, 7) is 25.6. The highest BCUT2D eigenvalue weighted by Crippen LogP contribution is 2.41. The maximum Gasteiger partial charge on any atom is 0.189 e. The molecule has 170 valence electrons. The van der Waals surface area contributed by atoms with Gasteiger partial charge in [-0.15, -0.1) is 0 Å². The van der Waals surface area contributed by atoms with Crippen molar-refractivity contribution in [2.45, 2.75) is 93.9 Å². The normalized spacial score (nSPS) is 17.7. The molecule has 0 saturated carbocycles. The fraction of sp³-hybridized carbons (Fsp3) is 0.552. The Bertz CT molecular complexity index is 970. The molecule has 1 aliphatic rings. The van der Waals surface area contributed by atoms with Crippen LogP contribution in [0.25, 0.3) is 6.08 Å². The minimum absolute atomic E-state index is 0.0402. The molecule has 2 nitrogen and oxygen atoms in total. The molecule has 0 unspecified atom stereocenters. The van der Waals surface area contributed by atoms with Crippen LogP contribution >= 0.6 is 0 Å². The van der Waals surface area contributed by atoms with Gasteiger partial charge in [-0.2, -0.15) is 0 Å². The quantitative estimate of drug-likeness (QED) is 0.467. The standard InChI is InChI=1S/C29H42O2/c1-26(2,3)20-14-18(24(30)22(16-20)28(7,8)9)13-19-15-21(27(4,5)6)17-23(25(19)31)29(10,11)12/h13-17,30H,1-12H3. The van der Waals surface area contributed by atoms with Crippen molar-refractivity contribution in [3.63, 3.8) is 0 Å². The highest BCUT2D eigenvalue weighted by Gasteiger charge is 2.32. The monoisotopic (exact) mass is 422 g/mol. The lowest BCUT2D eigenvalue weighted by molar-refractivity contribution is -0.112. The zero-order chi connectivity index (χ0) is 24.2. The van der Waals surface area contributed by atoms with Gasteiger partial charge in [0, 0.05) is 22.3 Å². The predicted octanol–water partition coefficient (Wildman–Crippen LogP) is 7.90. The maximum atomic E-state index is 13.5. The third-order valence-electron chi connectivity index (χ3n) is 5.92. The highest BCUT2D eigenvalue weighted by atomic mass is 16.3. The van der Waals surface area contributed by atoms with Crippen molar-refractivity contribution >= 4 is 11.9 Å². The molecule has 2 heteroatoms. The maximum absolute atomic E-state index is 13.5. The van der Waals surface area contributed by atoms with E-state index in [1.807, 2.05) is 18.2 Å². The molecule has 1 N–H and O–H groups in total. The van der Waals surface area contributed by atoms with Crippen molar-refractivity contribution in [1.82, 2.24) is 0 Å². The molecular weight excluding hydrogens is 380 g/mol. The van der Waals surface area contributed by atoms with Crippen LogP contribution in [-0.2, 0) is 15.6 Å². The zero-order valence-electron chi connectivity index (χ0n) is 21.7. The van der Waals surface area contributed by atoms with E-state index < -0.39 is 0 Å². The number of carbonyl (C=O) groups is 1. The Morgan fingerprint density at radius 3 is 1.68 bits per heavy atom. The number of phenols is 1. The van der Waals surface area contributed by atoms with E-state index in [9.17, 15) is 9.90 Å². The van der Waals surface area contributed by atoms with Crippen molar-refractivity contribution in [1.29, 1.82) is 0 Å². The van der Waals surface area contributed by atoms with Crippen LogP contribution in [0.15, 0.2) is 41.0 Å². The van der Waals surface area contributed by atoms with Crippen molar-refractivity contribution in [3.8, 4) is 5.75 Å². The van der Waals surface area contributed by atoms with Gasteiger partial charge in [0.2, 0.25) is 0 Å². The summed E-state index contributed by atoms with van der Waals surface area (Å²) in [5.41, 5.74) is 4.73. The highest BCUT2D eigenvalue weighted by molar-refractivity contribution is 6.15. The van der Waals surface area contributed by atoms with Crippen LogP contribution in [0.5, 0.6) is 5.75 Å². The number of rotatable bonds is 1. The Morgan fingerprint density at radius 1 is 0.710 bits per heavy atom. The number of allylic oxidation sites excluding steroid dienone is 5. The largest absolute Gasteiger partial charge is 0.507 e. The molecular formula is C29H42O2. The van der Waals surface area contributed by atoms with Crippen LogP contribution in [0, 0.1) is 10.8 Å². The molecule has 0 atom stereocenters. The molecule has 1 aromatic carbocycles. The summed E-state index contributed by atoms with van der Waals surface area (Å²) < 4.78 is 0. The van der Waals surface area contributed by atoms with E-state index in [0.29, 0.717) is 11.1 Å². The zero-order valence-corrected chi connectivity index (χ0v) is 21.7. The molecule has 0 aromatic heterocycles. The van der Waals surface area contributed by atoms with Gasteiger partial charge in [-0.05, 0) is 51.0 Å². The fourth-order valence-electron chi connectivity index (χ4n) is 3.69. The Kier molecular flexibility index (Phi) is 6.33. The molecule has 1 aromatic rings. The third kappa shape index (κ3) is 5.59. The second-order valence-electron chi connectivity index (χ2n) is 13.0. The van der Waals surface area contributed by atoms with E-state index in [-0.39, 0.29) is 33.2 Å². The minimum Gasteiger partial charge on any atom is -0.507 e. The SMILES string of the molecule is CC(C)(C)C1=CC(=Cc2cc(C(C)(C)C)cc(C(C)(C)C)c2O)C(=O)C(C(C)(C)C)=C1. The summed E-state index contributed by atoms with van der Waals surface area (Å²) in [5, 5.41) is 11.2. The smallest absolute Gasteiger partial charge is 0.189 e. The summed E-state index contributed by atoms with van der Waals surface area (Å²) in [4.78, 5) is 13.5. The number of phenolic OH excluding ortho intramolecular Hbond substituents is 1. The van der Waals surface area contributed by atoms with E-state index in [4.69, 9.17) is 0 Å². The van der Waals surface area contributed by atoms with Crippen molar-refractivity contribution in [2.75, 3.05) is 0 Å². The van der Waals surface area contributed by atoms with E-state index in [2.05, 4.69) is 95.2 Å². The van der Waals surface area contributed by atoms with E-state index in [1.54, 1.807) is 0 Å². The van der Waals surface area contributed by atoms with Crippen molar-refractivity contribution < 1.29 is 9.90 Å². The Hall–Kier alpha value is -2.09. The number of benzene rings is 1. The van der Waals surface area contributed by atoms with E-state index >= 15 is 0 Å². The number of carbonyl (C=O) groups excluding carboxylic acids is 1. The molecule has 0 spiro atoms. The lowest BCUT2D eigenvalue weighted by Crippen LogP contribution is -2.24. The van der Waals surface area contributed by atoms with Gasteiger partial charge in [0.25, 0.3) is 0 Å². The van der Waals surface area contributed by atoms with Gasteiger partial charge >= 0.3 is 0 Å². The second kappa shape index (κ2) is 7.80. The van der Waals surface area contributed by atoms with Crippen molar-refractivity contribution in [2.24, 2.45) is 10.8 Å². The van der Waals surface area contributed by atoms with Crippen molar-refractivity contribution in [3.05, 3.63) is 57.7 Å². The van der Waals surface area contributed by atoms with Crippen LogP contribution in [0.2, 0.25) is 0 Å².